The first-order valence-corrected chi connectivity index (χ1v) is 7.20. The Hall–Kier alpha value is -1.35. The first-order valence-electron chi connectivity index (χ1n) is 6.39. The van der Waals surface area contributed by atoms with Gasteiger partial charge in [-0.3, -0.25) is 4.79 Å². The molecule has 0 aliphatic carbocycles. The van der Waals surface area contributed by atoms with Gasteiger partial charge in [-0.2, -0.15) is 0 Å². The highest BCUT2D eigenvalue weighted by Gasteiger charge is 2.15. The SMILES string of the molecule is O=C(NCCC1CCCO1)c1ccc(C#CCO)s1. The van der Waals surface area contributed by atoms with E-state index in [1.54, 1.807) is 12.1 Å². The Labute approximate surface area is 116 Å². The lowest BCUT2D eigenvalue weighted by atomic mass is 10.2. The first kappa shape index (κ1) is 14.1. The zero-order chi connectivity index (χ0) is 13.5. The number of hydrogen-bond donors (Lipinski definition) is 2. The molecular weight excluding hydrogens is 262 g/mol. The molecule has 102 valence electrons. The summed E-state index contributed by atoms with van der Waals surface area (Å²) in [6, 6.07) is 3.55. The van der Waals surface area contributed by atoms with Gasteiger partial charge in [0.25, 0.3) is 5.91 Å². The fraction of sp³-hybridized carbons (Fsp3) is 0.500. The molecule has 1 atom stereocenters. The Morgan fingerprint density at radius 1 is 1.58 bits per heavy atom. The summed E-state index contributed by atoms with van der Waals surface area (Å²) in [6.45, 7) is 1.32. The van der Waals surface area contributed by atoms with Gasteiger partial charge in [0, 0.05) is 13.2 Å². The molecule has 2 heterocycles. The second kappa shape index (κ2) is 7.29. The molecule has 0 radical (unpaired) electrons. The summed E-state index contributed by atoms with van der Waals surface area (Å²) >= 11 is 1.34. The largest absolute Gasteiger partial charge is 0.384 e. The molecule has 1 aromatic rings. The topological polar surface area (TPSA) is 58.6 Å². The Balaban J connectivity index is 1.77. The molecule has 1 amide bonds. The van der Waals surface area contributed by atoms with Crippen molar-refractivity contribution < 1.29 is 14.6 Å². The molecule has 2 N–H and O–H groups in total. The Kier molecular flexibility index (Phi) is 5.40. The highest BCUT2D eigenvalue weighted by atomic mass is 32.1. The van der Waals surface area contributed by atoms with Gasteiger partial charge < -0.3 is 15.2 Å². The molecule has 0 bridgehead atoms. The first-order chi connectivity index (χ1) is 9.29. The molecule has 0 spiro atoms. The van der Waals surface area contributed by atoms with Crippen molar-refractivity contribution in [2.45, 2.75) is 25.4 Å². The quantitative estimate of drug-likeness (QED) is 0.819. The van der Waals surface area contributed by atoms with Crippen LogP contribution in [0, 0.1) is 11.8 Å². The standard InChI is InChI=1S/C14H17NO3S/c16-9-1-4-12-5-6-13(19-12)14(17)15-8-7-11-3-2-10-18-11/h5-6,11,16H,2-3,7-10H2,(H,15,17). The molecule has 4 nitrogen and oxygen atoms in total. The number of thiophene rings is 1. The van der Waals surface area contributed by atoms with E-state index < -0.39 is 0 Å². The van der Waals surface area contributed by atoms with E-state index in [0.29, 0.717) is 17.5 Å². The fourth-order valence-electron chi connectivity index (χ4n) is 1.96. The zero-order valence-corrected chi connectivity index (χ0v) is 11.5. The minimum Gasteiger partial charge on any atom is -0.384 e. The monoisotopic (exact) mass is 279 g/mol. The van der Waals surface area contributed by atoms with Gasteiger partial charge in [-0.05, 0) is 31.4 Å². The van der Waals surface area contributed by atoms with Gasteiger partial charge in [0.05, 0.1) is 15.9 Å². The number of nitrogens with one attached hydrogen (secondary N) is 1. The van der Waals surface area contributed by atoms with E-state index in [2.05, 4.69) is 17.2 Å². The summed E-state index contributed by atoms with van der Waals surface area (Å²) in [6.07, 6.45) is 3.38. The zero-order valence-electron chi connectivity index (χ0n) is 10.6. The van der Waals surface area contributed by atoms with E-state index in [1.807, 2.05) is 0 Å². The smallest absolute Gasteiger partial charge is 0.261 e. The fourth-order valence-corrected chi connectivity index (χ4v) is 2.76. The van der Waals surface area contributed by atoms with Crippen molar-refractivity contribution in [3.8, 4) is 11.8 Å². The van der Waals surface area contributed by atoms with Gasteiger partial charge in [-0.15, -0.1) is 11.3 Å². The minimum atomic E-state index is -0.166. The van der Waals surface area contributed by atoms with Crippen LogP contribution < -0.4 is 5.32 Å². The van der Waals surface area contributed by atoms with Crippen LogP contribution >= 0.6 is 11.3 Å². The number of amides is 1. The van der Waals surface area contributed by atoms with Gasteiger partial charge in [0.15, 0.2) is 0 Å². The normalized spacial score (nSPS) is 17.8. The van der Waals surface area contributed by atoms with Crippen molar-refractivity contribution in [3.05, 3.63) is 21.9 Å². The Morgan fingerprint density at radius 2 is 2.47 bits per heavy atom. The van der Waals surface area contributed by atoms with E-state index in [-0.39, 0.29) is 12.5 Å². The van der Waals surface area contributed by atoms with Crippen LogP contribution in [0.25, 0.3) is 0 Å². The molecule has 1 unspecified atom stereocenters. The molecule has 5 heteroatoms. The summed E-state index contributed by atoms with van der Waals surface area (Å²) < 4.78 is 5.50. The molecule has 1 aromatic heterocycles. The Bertz CT molecular complexity index is 480. The van der Waals surface area contributed by atoms with E-state index >= 15 is 0 Å². The molecule has 0 aromatic carbocycles. The number of hydrogen-bond acceptors (Lipinski definition) is 4. The molecule has 1 saturated heterocycles. The number of ether oxygens (including phenoxy) is 1. The summed E-state index contributed by atoms with van der Waals surface area (Å²) in [4.78, 5) is 13.3. The molecule has 1 aliphatic rings. The average Bonchev–Trinajstić information content (AvgIpc) is 3.07. The van der Waals surface area contributed by atoms with Gasteiger partial charge in [0.2, 0.25) is 0 Å². The number of aliphatic hydroxyl groups is 1. The van der Waals surface area contributed by atoms with Crippen LogP contribution in [0.2, 0.25) is 0 Å². The Morgan fingerprint density at radius 3 is 3.21 bits per heavy atom. The molecule has 1 fully saturated rings. The third kappa shape index (κ3) is 4.35. The minimum absolute atomic E-state index is 0.0694. The van der Waals surface area contributed by atoms with Gasteiger partial charge in [-0.25, -0.2) is 0 Å². The highest BCUT2D eigenvalue weighted by Crippen LogP contribution is 2.16. The summed E-state index contributed by atoms with van der Waals surface area (Å²) in [5.74, 6) is 5.28. The van der Waals surface area contributed by atoms with Crippen molar-refractivity contribution in [1.29, 1.82) is 0 Å². The second-order valence-corrected chi connectivity index (χ2v) is 5.39. The average molecular weight is 279 g/mol. The van der Waals surface area contributed by atoms with Gasteiger partial charge in [0.1, 0.15) is 6.61 Å². The summed E-state index contributed by atoms with van der Waals surface area (Å²) in [5, 5.41) is 11.5. The van der Waals surface area contributed by atoms with Crippen LogP contribution in [-0.2, 0) is 4.74 Å². The van der Waals surface area contributed by atoms with Gasteiger partial charge >= 0.3 is 0 Å². The lowest BCUT2D eigenvalue weighted by Crippen LogP contribution is -2.26. The van der Waals surface area contributed by atoms with Crippen molar-refractivity contribution in [2.75, 3.05) is 19.8 Å². The molecule has 2 rings (SSSR count). The predicted molar refractivity (Wildman–Crippen MR) is 74.2 cm³/mol. The second-order valence-electron chi connectivity index (χ2n) is 4.30. The van der Waals surface area contributed by atoms with Crippen molar-refractivity contribution in [1.82, 2.24) is 5.32 Å². The number of carbonyl (C=O) groups is 1. The van der Waals surface area contributed by atoms with Crippen molar-refractivity contribution in [3.63, 3.8) is 0 Å². The lowest BCUT2D eigenvalue weighted by molar-refractivity contribution is 0.0910. The van der Waals surface area contributed by atoms with E-state index in [0.717, 1.165) is 30.7 Å². The van der Waals surface area contributed by atoms with Crippen molar-refractivity contribution >= 4 is 17.2 Å². The number of carbonyl (C=O) groups excluding carboxylic acids is 1. The lowest BCUT2D eigenvalue weighted by Gasteiger charge is -2.09. The van der Waals surface area contributed by atoms with Crippen LogP contribution in [0.4, 0.5) is 0 Å². The van der Waals surface area contributed by atoms with Crippen LogP contribution in [-0.4, -0.2) is 36.9 Å². The van der Waals surface area contributed by atoms with E-state index in [4.69, 9.17) is 9.84 Å². The highest BCUT2D eigenvalue weighted by molar-refractivity contribution is 7.14. The van der Waals surface area contributed by atoms with E-state index in [1.165, 1.54) is 11.3 Å². The van der Waals surface area contributed by atoms with E-state index in [9.17, 15) is 4.79 Å². The van der Waals surface area contributed by atoms with Crippen LogP contribution in [0.3, 0.4) is 0 Å². The third-order valence-electron chi connectivity index (χ3n) is 2.90. The van der Waals surface area contributed by atoms with Crippen molar-refractivity contribution in [2.24, 2.45) is 0 Å². The third-order valence-corrected chi connectivity index (χ3v) is 3.90. The number of rotatable bonds is 4. The van der Waals surface area contributed by atoms with Gasteiger partial charge in [-0.1, -0.05) is 11.8 Å². The van der Waals surface area contributed by atoms with Crippen LogP contribution in [0.5, 0.6) is 0 Å². The molecule has 1 aliphatic heterocycles. The maximum atomic E-state index is 11.9. The number of aliphatic hydroxyl groups excluding tert-OH is 1. The van der Waals surface area contributed by atoms with Crippen LogP contribution in [0.15, 0.2) is 12.1 Å². The molecule has 19 heavy (non-hydrogen) atoms. The molecular formula is C14H17NO3S. The predicted octanol–water partition coefficient (Wildman–Crippen LogP) is 1.39. The summed E-state index contributed by atoms with van der Waals surface area (Å²) in [5.41, 5.74) is 0. The summed E-state index contributed by atoms with van der Waals surface area (Å²) in [7, 11) is 0. The van der Waals surface area contributed by atoms with Crippen LogP contribution in [0.1, 0.15) is 33.8 Å². The maximum Gasteiger partial charge on any atom is 0.261 e. The molecule has 0 saturated carbocycles. The maximum absolute atomic E-state index is 11.9.